The van der Waals surface area contributed by atoms with Gasteiger partial charge in [0.15, 0.2) is 5.82 Å². The van der Waals surface area contributed by atoms with E-state index in [2.05, 4.69) is 25.9 Å². The number of nitrogens with one attached hydrogen (secondary N) is 3. The number of anilines is 1. The van der Waals surface area contributed by atoms with Gasteiger partial charge in [0, 0.05) is 26.7 Å². The molecule has 4 rings (SSSR count). The fourth-order valence-corrected chi connectivity index (χ4v) is 4.50. The van der Waals surface area contributed by atoms with Crippen molar-refractivity contribution >= 4 is 29.3 Å². The first-order chi connectivity index (χ1) is 19.6. The summed E-state index contributed by atoms with van der Waals surface area (Å²) in [6.07, 6.45) is 7.12. The monoisotopic (exact) mass is 561 g/mol. The number of aromatic amines is 1. The average Bonchev–Trinajstić information content (AvgIpc) is 2.91. The summed E-state index contributed by atoms with van der Waals surface area (Å²) < 4.78 is 7.36. The predicted octanol–water partition coefficient (Wildman–Crippen LogP) is 4.19. The van der Waals surface area contributed by atoms with Gasteiger partial charge in [-0.3, -0.25) is 19.4 Å². The van der Waals surface area contributed by atoms with Crippen LogP contribution in [-0.4, -0.2) is 68.5 Å². The smallest absolute Gasteiger partial charge is 0.410 e. The summed E-state index contributed by atoms with van der Waals surface area (Å²) in [5, 5.41) is 16.8. The number of hydrogen-bond donors (Lipinski definition) is 3. The number of H-pyrrole nitrogens is 1. The predicted molar refractivity (Wildman–Crippen MR) is 156 cm³/mol. The molecule has 3 aromatic rings. The van der Waals surface area contributed by atoms with Crippen LogP contribution in [0.25, 0.3) is 5.57 Å². The highest BCUT2D eigenvalue weighted by molar-refractivity contribution is 5.92. The van der Waals surface area contributed by atoms with Crippen LogP contribution in [0, 0.1) is 0 Å². The van der Waals surface area contributed by atoms with E-state index in [1.54, 1.807) is 24.2 Å². The summed E-state index contributed by atoms with van der Waals surface area (Å²) in [6, 6.07) is 11.6. The molecule has 0 aliphatic carbocycles. The molecule has 0 radical (unpaired) electrons. The summed E-state index contributed by atoms with van der Waals surface area (Å²) in [4.78, 5) is 38.2. The number of aromatic nitrogens is 4. The molecule has 0 saturated heterocycles. The Balaban J connectivity index is 1.21. The Morgan fingerprint density at radius 3 is 2.56 bits per heavy atom. The fourth-order valence-electron chi connectivity index (χ4n) is 4.50. The summed E-state index contributed by atoms with van der Waals surface area (Å²) in [7, 11) is 1.60. The Kier molecular flexibility index (Phi) is 9.59. The molecule has 0 atom stereocenters. The van der Waals surface area contributed by atoms with Crippen molar-refractivity contribution in [2.24, 2.45) is 0 Å². The number of benzene rings is 1. The van der Waals surface area contributed by atoms with Gasteiger partial charge in [0.2, 0.25) is 5.91 Å². The van der Waals surface area contributed by atoms with Crippen LogP contribution in [0.1, 0.15) is 67.3 Å². The fraction of sp³-hybridized carbons (Fsp3) is 0.433. The molecule has 1 aliphatic rings. The van der Waals surface area contributed by atoms with Crippen molar-refractivity contribution in [1.82, 2.24) is 30.2 Å². The highest BCUT2D eigenvalue weighted by atomic mass is 16.6. The number of carbonyl (C=O) groups excluding carboxylic acids is 3. The van der Waals surface area contributed by atoms with Gasteiger partial charge in [0.1, 0.15) is 11.3 Å². The summed E-state index contributed by atoms with van der Waals surface area (Å²) >= 11 is 0. The Morgan fingerprint density at radius 2 is 1.90 bits per heavy atom. The van der Waals surface area contributed by atoms with E-state index in [9.17, 15) is 14.4 Å². The van der Waals surface area contributed by atoms with Crippen LogP contribution in [0.3, 0.4) is 0 Å². The second-order valence-electron chi connectivity index (χ2n) is 11.1. The summed E-state index contributed by atoms with van der Waals surface area (Å²) in [5.41, 5.74) is 4.01. The van der Waals surface area contributed by atoms with Crippen LogP contribution < -0.4 is 10.6 Å². The number of carbonyl (C=O) groups is 3. The molecule has 2 aromatic heterocycles. The first-order valence-electron chi connectivity index (χ1n) is 14.0. The van der Waals surface area contributed by atoms with E-state index in [0.717, 1.165) is 54.6 Å². The quantitative estimate of drug-likeness (QED) is 0.318. The molecule has 1 aliphatic heterocycles. The standard InChI is InChI=1S/C30H39N7O4/c1-30(2,3)41-29(40)36-16-13-22(14-17-36)23-9-7-8-21(18-23)19-27(38)32-26-12-11-24(33-34-26)10-5-6-15-37-20-25(35-37)28(39)31-4/h7-9,11-13,18,20,35H,5-6,10,14-17,19H2,1-4H3,(H,31,39)(H,32,34,38). The molecule has 11 heteroatoms. The number of amides is 3. The van der Waals surface area contributed by atoms with Crippen molar-refractivity contribution in [2.45, 2.75) is 65.0 Å². The van der Waals surface area contributed by atoms with Gasteiger partial charge >= 0.3 is 6.09 Å². The zero-order valence-corrected chi connectivity index (χ0v) is 24.2. The van der Waals surface area contributed by atoms with Crippen molar-refractivity contribution < 1.29 is 19.1 Å². The number of rotatable bonds is 10. The van der Waals surface area contributed by atoms with Gasteiger partial charge in [-0.15, -0.1) is 5.10 Å². The molecule has 0 spiro atoms. The number of nitrogens with zero attached hydrogens (tertiary/aromatic N) is 4. The molecule has 3 N–H and O–H groups in total. The number of hydrogen-bond acceptors (Lipinski definition) is 6. The SMILES string of the molecule is CNC(=O)c1cn(CCCCc2ccc(NC(=O)Cc3cccc(C4=CCN(C(=O)OC(C)(C)C)CC4)c3)nn2)[nH]1. The molecule has 3 amide bonds. The molecule has 1 aromatic carbocycles. The minimum absolute atomic E-state index is 0.121. The normalized spacial score (nSPS) is 13.5. The van der Waals surface area contributed by atoms with Crippen LogP contribution in [0.4, 0.5) is 10.6 Å². The average molecular weight is 562 g/mol. The minimum atomic E-state index is -0.518. The van der Waals surface area contributed by atoms with Gasteiger partial charge in [0.25, 0.3) is 5.91 Å². The van der Waals surface area contributed by atoms with Crippen LogP contribution in [0.15, 0.2) is 48.7 Å². The van der Waals surface area contributed by atoms with Crippen molar-refractivity contribution in [3.05, 3.63) is 71.2 Å². The van der Waals surface area contributed by atoms with Crippen molar-refractivity contribution in [3.8, 4) is 0 Å². The van der Waals surface area contributed by atoms with Crippen LogP contribution in [0.2, 0.25) is 0 Å². The first kappa shape index (κ1) is 29.6. The molecular weight excluding hydrogens is 522 g/mol. The van der Waals surface area contributed by atoms with Gasteiger partial charge in [-0.2, -0.15) is 5.10 Å². The van der Waals surface area contributed by atoms with E-state index in [1.807, 2.05) is 61.9 Å². The van der Waals surface area contributed by atoms with Gasteiger partial charge in [-0.1, -0.05) is 30.3 Å². The Morgan fingerprint density at radius 1 is 1.10 bits per heavy atom. The highest BCUT2D eigenvalue weighted by Crippen LogP contribution is 2.24. The van der Waals surface area contributed by atoms with Gasteiger partial charge in [-0.25, -0.2) is 4.79 Å². The van der Waals surface area contributed by atoms with E-state index in [0.29, 0.717) is 24.6 Å². The van der Waals surface area contributed by atoms with Crippen LogP contribution in [0.5, 0.6) is 0 Å². The largest absolute Gasteiger partial charge is 0.444 e. The third-order valence-electron chi connectivity index (χ3n) is 6.61. The molecular formula is C30H39N7O4. The molecule has 0 bridgehead atoms. The van der Waals surface area contributed by atoms with E-state index in [1.165, 1.54) is 0 Å². The van der Waals surface area contributed by atoms with Gasteiger partial charge < -0.3 is 20.3 Å². The zero-order valence-electron chi connectivity index (χ0n) is 24.2. The van der Waals surface area contributed by atoms with E-state index >= 15 is 0 Å². The maximum atomic E-state index is 12.7. The maximum Gasteiger partial charge on any atom is 0.410 e. The molecule has 218 valence electrons. The molecule has 0 fully saturated rings. The lowest BCUT2D eigenvalue weighted by Gasteiger charge is -2.29. The second kappa shape index (κ2) is 13.3. The Bertz CT molecular complexity index is 1370. The van der Waals surface area contributed by atoms with Crippen molar-refractivity contribution in [3.63, 3.8) is 0 Å². The molecule has 0 unspecified atom stereocenters. The maximum absolute atomic E-state index is 12.7. The van der Waals surface area contributed by atoms with E-state index < -0.39 is 5.60 Å². The Hall–Kier alpha value is -4.41. The lowest BCUT2D eigenvalue weighted by atomic mass is 9.97. The van der Waals surface area contributed by atoms with E-state index in [-0.39, 0.29) is 24.3 Å². The van der Waals surface area contributed by atoms with Gasteiger partial charge in [-0.05, 0) is 75.3 Å². The van der Waals surface area contributed by atoms with Crippen molar-refractivity contribution in [2.75, 3.05) is 25.5 Å². The van der Waals surface area contributed by atoms with Crippen molar-refractivity contribution in [1.29, 1.82) is 0 Å². The number of ether oxygens (including phenoxy) is 1. The number of aryl methyl sites for hydroxylation is 2. The highest BCUT2D eigenvalue weighted by Gasteiger charge is 2.24. The van der Waals surface area contributed by atoms with E-state index in [4.69, 9.17) is 4.74 Å². The van der Waals surface area contributed by atoms with Gasteiger partial charge in [0.05, 0.1) is 18.3 Å². The minimum Gasteiger partial charge on any atom is -0.444 e. The lowest BCUT2D eigenvalue weighted by Crippen LogP contribution is -2.39. The second-order valence-corrected chi connectivity index (χ2v) is 11.1. The summed E-state index contributed by atoms with van der Waals surface area (Å²) in [6.45, 7) is 7.47. The molecule has 0 saturated carbocycles. The summed E-state index contributed by atoms with van der Waals surface area (Å²) in [5.74, 6) is 0.136. The molecule has 3 heterocycles. The molecule has 11 nitrogen and oxygen atoms in total. The molecule has 41 heavy (non-hydrogen) atoms. The first-order valence-corrected chi connectivity index (χ1v) is 14.0. The topological polar surface area (TPSA) is 134 Å². The third kappa shape index (κ3) is 8.79. The van der Waals surface area contributed by atoms with Crippen LogP contribution in [-0.2, 0) is 28.9 Å². The lowest BCUT2D eigenvalue weighted by molar-refractivity contribution is -0.115. The number of unbranched alkanes of at least 4 members (excludes halogenated alkanes) is 1. The van der Waals surface area contributed by atoms with Crippen LogP contribution >= 0.6 is 0 Å². The zero-order chi connectivity index (χ0) is 29.4. The Labute approximate surface area is 240 Å². The third-order valence-corrected chi connectivity index (χ3v) is 6.61.